The number of anilines is 1. The van der Waals surface area contributed by atoms with Gasteiger partial charge in [-0.05, 0) is 116 Å². The highest BCUT2D eigenvalue weighted by atomic mass is 16.4. The van der Waals surface area contributed by atoms with Crippen LogP contribution in [0.5, 0.6) is 0 Å². The highest BCUT2D eigenvalue weighted by Crippen LogP contribution is 2.31. The third kappa shape index (κ3) is 7.87. The molecule has 2 aliphatic rings. The minimum absolute atomic E-state index is 0.0346. The lowest BCUT2D eigenvalue weighted by atomic mass is 9.81. The zero-order valence-electron chi connectivity index (χ0n) is 25.2. The third-order valence-corrected chi connectivity index (χ3v) is 8.87. The molecule has 0 radical (unpaired) electrons. The number of nitrogens with zero attached hydrogens (tertiary/aromatic N) is 4. The average molecular weight is 552 g/mol. The van der Waals surface area contributed by atoms with Crippen molar-refractivity contribution in [2.75, 3.05) is 51.7 Å². The Kier molecular flexibility index (Phi) is 9.93. The van der Waals surface area contributed by atoms with E-state index in [-0.39, 0.29) is 5.91 Å². The monoisotopic (exact) mass is 551 g/mol. The summed E-state index contributed by atoms with van der Waals surface area (Å²) in [5.74, 6) is 2.41. The van der Waals surface area contributed by atoms with Gasteiger partial charge >= 0.3 is 6.09 Å². The normalized spacial score (nSPS) is 20.6. The number of carbonyl (C=O) groups is 2. The van der Waals surface area contributed by atoms with E-state index in [1.54, 1.807) is 4.90 Å². The number of carboxylic acid groups (broad SMARTS) is 1. The van der Waals surface area contributed by atoms with Gasteiger partial charge in [-0.3, -0.25) is 4.79 Å². The number of amides is 2. The second-order valence-electron chi connectivity index (χ2n) is 13.2. The van der Waals surface area contributed by atoms with Crippen LogP contribution in [-0.4, -0.2) is 84.2 Å². The van der Waals surface area contributed by atoms with E-state index in [0.29, 0.717) is 30.5 Å². The number of carbonyl (C=O) groups excluding carboxylic acids is 1. The summed E-state index contributed by atoms with van der Waals surface area (Å²) in [6, 6.07) is 9.93. The van der Waals surface area contributed by atoms with Crippen molar-refractivity contribution in [1.29, 1.82) is 0 Å². The molecule has 1 aromatic carbocycles. The first-order chi connectivity index (χ1) is 19.0. The van der Waals surface area contributed by atoms with Crippen LogP contribution in [0.25, 0.3) is 10.9 Å². The van der Waals surface area contributed by atoms with Crippen LogP contribution < -0.4 is 10.2 Å². The Morgan fingerprint density at radius 3 is 2.27 bits per heavy atom. The molecule has 0 spiro atoms. The van der Waals surface area contributed by atoms with E-state index in [9.17, 15) is 14.7 Å². The SMILES string of the molecule is CN(C)CCC1CCN(c2cc(C(=O)NCC3CCC(CN(C(=O)O)C(C)(C)C)CC3)c3ccccc3n2)CC1. The van der Waals surface area contributed by atoms with Crippen LogP contribution in [0, 0.1) is 17.8 Å². The number of piperidine rings is 1. The van der Waals surface area contributed by atoms with Crippen molar-refractivity contribution in [3.8, 4) is 0 Å². The molecule has 1 aliphatic heterocycles. The number of pyridine rings is 1. The van der Waals surface area contributed by atoms with E-state index in [1.165, 1.54) is 6.42 Å². The van der Waals surface area contributed by atoms with Gasteiger partial charge in [0.25, 0.3) is 5.91 Å². The number of benzene rings is 1. The zero-order chi connectivity index (χ0) is 28.9. The molecule has 1 aromatic heterocycles. The minimum atomic E-state index is -0.848. The van der Waals surface area contributed by atoms with Crippen LogP contribution >= 0.6 is 0 Å². The summed E-state index contributed by atoms with van der Waals surface area (Å²) >= 11 is 0. The number of para-hydroxylation sites is 1. The molecule has 0 bridgehead atoms. The van der Waals surface area contributed by atoms with Gasteiger partial charge in [0, 0.05) is 37.1 Å². The van der Waals surface area contributed by atoms with Crippen LogP contribution in [0.2, 0.25) is 0 Å². The van der Waals surface area contributed by atoms with Gasteiger partial charge < -0.3 is 25.1 Å². The van der Waals surface area contributed by atoms with Crippen molar-refractivity contribution in [2.24, 2.45) is 17.8 Å². The highest BCUT2D eigenvalue weighted by Gasteiger charge is 2.31. The fourth-order valence-corrected chi connectivity index (χ4v) is 6.25. The van der Waals surface area contributed by atoms with Gasteiger partial charge in [0.05, 0.1) is 11.1 Å². The molecule has 8 heteroatoms. The molecular formula is C32H49N5O3. The van der Waals surface area contributed by atoms with Crippen LogP contribution in [0.1, 0.15) is 76.1 Å². The molecule has 1 aliphatic carbocycles. The fraction of sp³-hybridized carbons (Fsp3) is 0.656. The van der Waals surface area contributed by atoms with Crippen molar-refractivity contribution in [1.82, 2.24) is 20.1 Å². The summed E-state index contributed by atoms with van der Waals surface area (Å²) < 4.78 is 0. The van der Waals surface area contributed by atoms with Gasteiger partial charge in [-0.25, -0.2) is 9.78 Å². The molecule has 4 rings (SSSR count). The van der Waals surface area contributed by atoms with Gasteiger partial charge in [0.1, 0.15) is 5.82 Å². The number of hydrogen-bond donors (Lipinski definition) is 2. The molecule has 1 saturated heterocycles. The predicted octanol–water partition coefficient (Wildman–Crippen LogP) is 5.72. The van der Waals surface area contributed by atoms with E-state index < -0.39 is 11.6 Å². The molecule has 1 saturated carbocycles. The lowest BCUT2D eigenvalue weighted by Crippen LogP contribution is -2.47. The third-order valence-electron chi connectivity index (χ3n) is 8.87. The van der Waals surface area contributed by atoms with Gasteiger partial charge in [-0.15, -0.1) is 0 Å². The molecule has 8 nitrogen and oxygen atoms in total. The molecule has 2 aromatic rings. The number of rotatable bonds is 9. The molecule has 0 unspecified atom stereocenters. The highest BCUT2D eigenvalue weighted by molar-refractivity contribution is 6.07. The first-order valence-electron chi connectivity index (χ1n) is 15.1. The molecule has 2 N–H and O–H groups in total. The van der Waals surface area contributed by atoms with Crippen molar-refractivity contribution in [2.45, 2.75) is 71.3 Å². The number of hydrogen-bond acceptors (Lipinski definition) is 5. The van der Waals surface area contributed by atoms with Crippen LogP contribution in [-0.2, 0) is 0 Å². The minimum Gasteiger partial charge on any atom is -0.465 e. The molecule has 0 atom stereocenters. The maximum Gasteiger partial charge on any atom is 0.407 e. The maximum absolute atomic E-state index is 13.5. The van der Waals surface area contributed by atoms with Crippen molar-refractivity contribution in [3.05, 3.63) is 35.9 Å². The lowest BCUT2D eigenvalue weighted by Gasteiger charge is -2.38. The van der Waals surface area contributed by atoms with Gasteiger partial charge in [0.2, 0.25) is 0 Å². The Balaban J connectivity index is 1.35. The van der Waals surface area contributed by atoms with E-state index in [2.05, 4.69) is 29.2 Å². The Morgan fingerprint density at radius 1 is 1.00 bits per heavy atom. The predicted molar refractivity (Wildman–Crippen MR) is 162 cm³/mol. The topological polar surface area (TPSA) is 89.0 Å². The fourth-order valence-electron chi connectivity index (χ4n) is 6.25. The standard InChI is InChI=1S/C32H49N5O3/c1-32(2,3)37(31(39)40)22-25-12-10-24(11-13-25)21-33-30(38)27-20-29(34-28-9-7-6-8-26(27)28)36-18-15-23(16-19-36)14-17-35(4)5/h6-9,20,23-25H,10-19,21-22H2,1-5H3,(H,33,38)(H,39,40). The number of aromatic nitrogens is 1. The Hall–Kier alpha value is -2.87. The van der Waals surface area contributed by atoms with E-state index in [1.807, 2.05) is 51.1 Å². The van der Waals surface area contributed by atoms with E-state index in [0.717, 1.165) is 80.8 Å². The molecule has 2 amide bonds. The maximum atomic E-state index is 13.5. The molecule has 2 fully saturated rings. The Bertz CT molecular complexity index is 1140. The van der Waals surface area contributed by atoms with Crippen molar-refractivity contribution in [3.63, 3.8) is 0 Å². The first-order valence-corrected chi connectivity index (χ1v) is 15.1. The Morgan fingerprint density at radius 2 is 1.65 bits per heavy atom. The Labute approximate surface area is 240 Å². The van der Waals surface area contributed by atoms with Crippen LogP contribution in [0.15, 0.2) is 30.3 Å². The van der Waals surface area contributed by atoms with Crippen molar-refractivity contribution >= 4 is 28.7 Å². The number of fused-ring (bicyclic) bond motifs is 1. The van der Waals surface area contributed by atoms with Crippen LogP contribution in [0.3, 0.4) is 0 Å². The van der Waals surface area contributed by atoms with Crippen molar-refractivity contribution < 1.29 is 14.7 Å². The van der Waals surface area contributed by atoms with E-state index in [4.69, 9.17) is 4.98 Å². The number of nitrogens with one attached hydrogen (secondary N) is 1. The summed E-state index contributed by atoms with van der Waals surface area (Å²) in [6.45, 7) is 10.2. The smallest absolute Gasteiger partial charge is 0.407 e. The summed E-state index contributed by atoms with van der Waals surface area (Å²) in [6.07, 6.45) is 6.70. The molecule has 220 valence electrons. The van der Waals surface area contributed by atoms with Crippen LogP contribution in [0.4, 0.5) is 10.6 Å². The largest absolute Gasteiger partial charge is 0.465 e. The van der Waals surface area contributed by atoms with E-state index >= 15 is 0 Å². The molecule has 40 heavy (non-hydrogen) atoms. The van der Waals surface area contributed by atoms with Gasteiger partial charge in [-0.2, -0.15) is 0 Å². The lowest BCUT2D eigenvalue weighted by molar-refractivity contribution is 0.0786. The second-order valence-corrected chi connectivity index (χ2v) is 13.2. The zero-order valence-corrected chi connectivity index (χ0v) is 25.2. The van der Waals surface area contributed by atoms with Gasteiger partial charge in [0.15, 0.2) is 0 Å². The first kappa shape index (κ1) is 30.1. The quantitative estimate of drug-likeness (QED) is 0.415. The summed E-state index contributed by atoms with van der Waals surface area (Å²) in [7, 11) is 4.27. The summed E-state index contributed by atoms with van der Waals surface area (Å²) in [4.78, 5) is 36.4. The molecule has 2 heterocycles. The average Bonchev–Trinajstić information content (AvgIpc) is 2.93. The second kappa shape index (κ2) is 13.2. The summed E-state index contributed by atoms with van der Waals surface area (Å²) in [5, 5.41) is 13.8. The summed E-state index contributed by atoms with van der Waals surface area (Å²) in [5.41, 5.74) is 1.17. The molecular weight excluding hydrogens is 502 g/mol. The van der Waals surface area contributed by atoms with Gasteiger partial charge in [-0.1, -0.05) is 18.2 Å².